The third-order valence-electron chi connectivity index (χ3n) is 3.90. The monoisotopic (exact) mass is 384 g/mol. The molecule has 0 aliphatic rings. The van der Waals surface area contributed by atoms with Crippen LogP contribution >= 0.6 is 0 Å². The normalized spacial score (nSPS) is 12.0. The molecule has 1 aromatic heterocycles. The van der Waals surface area contributed by atoms with Crippen LogP contribution in [0.2, 0.25) is 0 Å². The summed E-state index contributed by atoms with van der Waals surface area (Å²) in [5.41, 5.74) is 1.43. The minimum absolute atomic E-state index is 0.195. The Balaban J connectivity index is 1.74. The lowest BCUT2D eigenvalue weighted by Gasteiger charge is -2.10. The van der Waals surface area contributed by atoms with Gasteiger partial charge in [0.1, 0.15) is 18.5 Å². The zero-order valence-corrected chi connectivity index (χ0v) is 15.2. The van der Waals surface area contributed by atoms with Crippen molar-refractivity contribution in [3.63, 3.8) is 0 Å². The Morgan fingerprint density at radius 2 is 1.86 bits per heavy atom. The summed E-state index contributed by atoms with van der Waals surface area (Å²) in [6.07, 6.45) is -1.12. The van der Waals surface area contributed by atoms with Crippen LogP contribution in [0, 0.1) is 6.92 Å². The molecule has 0 aliphatic carbocycles. The maximum Gasteiger partial charge on any atom is 0.344 e. The number of aliphatic hydroxyl groups is 2. The summed E-state index contributed by atoms with van der Waals surface area (Å²) in [5.74, 6) is 0.166. The molecule has 0 amide bonds. The summed E-state index contributed by atoms with van der Waals surface area (Å²) in [7, 11) is 0. The molecule has 0 radical (unpaired) electrons. The summed E-state index contributed by atoms with van der Waals surface area (Å²) >= 11 is 0. The average Bonchev–Trinajstić information content (AvgIpc) is 2.69. The first-order valence-corrected chi connectivity index (χ1v) is 8.61. The Morgan fingerprint density at radius 1 is 1.11 bits per heavy atom. The number of aromatic nitrogens is 2. The lowest BCUT2D eigenvalue weighted by molar-refractivity contribution is -0.149. The molecule has 3 aromatic rings. The van der Waals surface area contributed by atoms with Gasteiger partial charge in [0.25, 0.3) is 0 Å². The van der Waals surface area contributed by atoms with Gasteiger partial charge in [-0.3, -0.25) is 0 Å². The fraction of sp³-hybridized carbons (Fsp3) is 0.250. The van der Waals surface area contributed by atoms with E-state index in [9.17, 15) is 15.0 Å². The average molecular weight is 384 g/mol. The van der Waals surface area contributed by atoms with Gasteiger partial charge in [-0.15, -0.1) is 0 Å². The van der Waals surface area contributed by atoms with Gasteiger partial charge in [0.2, 0.25) is 5.88 Å². The summed E-state index contributed by atoms with van der Waals surface area (Å²) in [5, 5.41) is 29.3. The van der Waals surface area contributed by atoms with Gasteiger partial charge in [0.15, 0.2) is 12.4 Å². The van der Waals surface area contributed by atoms with Crippen LogP contribution in [0.3, 0.4) is 0 Å². The van der Waals surface area contributed by atoms with Crippen molar-refractivity contribution in [1.82, 2.24) is 9.97 Å². The van der Waals surface area contributed by atoms with Crippen LogP contribution in [-0.2, 0) is 9.53 Å². The van der Waals surface area contributed by atoms with E-state index in [4.69, 9.17) is 14.6 Å². The number of nitrogens with zero attached hydrogens (tertiary/aromatic N) is 2. The van der Waals surface area contributed by atoms with Crippen LogP contribution in [0.1, 0.15) is 5.69 Å². The molecule has 3 rings (SSSR count). The number of hydrogen-bond donors (Lipinski definition) is 3. The van der Waals surface area contributed by atoms with Crippen LogP contribution in [0.4, 0.5) is 0 Å². The molecular formula is C20H20N2O6. The molecule has 0 fully saturated rings. The number of carbonyl (C=O) groups is 1. The van der Waals surface area contributed by atoms with E-state index in [1.807, 2.05) is 18.2 Å². The summed E-state index contributed by atoms with van der Waals surface area (Å²) in [6, 6.07) is 12.3. The molecular weight excluding hydrogens is 364 g/mol. The van der Waals surface area contributed by atoms with Crippen LogP contribution in [0.15, 0.2) is 42.5 Å². The maximum absolute atomic E-state index is 11.6. The molecule has 8 heteroatoms. The van der Waals surface area contributed by atoms with Gasteiger partial charge in [-0.1, -0.05) is 18.2 Å². The quantitative estimate of drug-likeness (QED) is 0.525. The number of fused-ring (bicyclic) bond motifs is 1. The lowest BCUT2D eigenvalue weighted by Crippen LogP contribution is -2.24. The number of phenolic OH excluding ortho intramolecular Hbond substituents is 1. The first-order chi connectivity index (χ1) is 13.4. The molecule has 0 unspecified atom stereocenters. The van der Waals surface area contributed by atoms with Crippen molar-refractivity contribution in [1.29, 1.82) is 0 Å². The number of ether oxygens (including phenoxy) is 2. The van der Waals surface area contributed by atoms with Crippen molar-refractivity contribution in [3.8, 4) is 23.0 Å². The van der Waals surface area contributed by atoms with Crippen molar-refractivity contribution in [3.05, 3.63) is 48.2 Å². The van der Waals surface area contributed by atoms with Crippen molar-refractivity contribution >= 4 is 16.7 Å². The van der Waals surface area contributed by atoms with Crippen LogP contribution in [-0.4, -0.2) is 57.2 Å². The predicted octanol–water partition coefficient (Wildman–Crippen LogP) is 1.59. The van der Waals surface area contributed by atoms with Gasteiger partial charge in [0, 0.05) is 17.3 Å². The largest absolute Gasteiger partial charge is 0.508 e. The Bertz CT molecular complexity index is 992. The highest BCUT2D eigenvalue weighted by Gasteiger charge is 2.11. The van der Waals surface area contributed by atoms with E-state index < -0.39 is 18.7 Å². The number of phenols is 1. The molecule has 0 saturated carbocycles. The number of rotatable bonds is 7. The zero-order valence-electron chi connectivity index (χ0n) is 15.2. The third kappa shape index (κ3) is 4.93. The fourth-order valence-corrected chi connectivity index (χ4v) is 2.53. The summed E-state index contributed by atoms with van der Waals surface area (Å²) < 4.78 is 10.2. The first-order valence-electron chi connectivity index (χ1n) is 8.61. The highest BCUT2D eigenvalue weighted by atomic mass is 16.6. The van der Waals surface area contributed by atoms with Crippen molar-refractivity contribution in [2.75, 3.05) is 19.8 Å². The second-order valence-electron chi connectivity index (χ2n) is 6.23. The van der Waals surface area contributed by atoms with E-state index in [1.165, 1.54) is 0 Å². The standard InChI is InChI=1S/C20H20N2O6/c1-12-6-18(27-11-19(26)28-10-17(25)9-23)22-20(21-12)15-3-2-14-8-16(24)5-4-13(14)7-15/h2-8,17,23-25H,9-11H2,1H3/t17-/m0/s1. The molecule has 146 valence electrons. The summed E-state index contributed by atoms with van der Waals surface area (Å²) in [4.78, 5) is 20.4. The van der Waals surface area contributed by atoms with Gasteiger partial charge in [-0.05, 0) is 35.9 Å². The highest BCUT2D eigenvalue weighted by molar-refractivity contribution is 5.87. The maximum atomic E-state index is 11.6. The molecule has 0 aliphatic heterocycles. The molecule has 0 saturated heterocycles. The molecule has 28 heavy (non-hydrogen) atoms. The SMILES string of the molecule is Cc1cc(OCC(=O)OC[C@@H](O)CO)nc(-c2ccc3cc(O)ccc3c2)n1. The fourth-order valence-electron chi connectivity index (χ4n) is 2.53. The molecule has 8 nitrogen and oxygen atoms in total. The molecule has 1 heterocycles. The van der Waals surface area contributed by atoms with E-state index in [1.54, 1.807) is 31.2 Å². The van der Waals surface area contributed by atoms with Crippen LogP contribution in [0.5, 0.6) is 11.6 Å². The van der Waals surface area contributed by atoms with E-state index in [-0.39, 0.29) is 24.8 Å². The van der Waals surface area contributed by atoms with Crippen LogP contribution < -0.4 is 4.74 Å². The lowest BCUT2D eigenvalue weighted by atomic mass is 10.1. The Kier molecular flexibility index (Phi) is 6.03. The van der Waals surface area contributed by atoms with E-state index in [2.05, 4.69) is 9.97 Å². The van der Waals surface area contributed by atoms with E-state index in [0.29, 0.717) is 11.5 Å². The zero-order chi connectivity index (χ0) is 20.1. The van der Waals surface area contributed by atoms with Gasteiger partial charge in [0.05, 0.1) is 6.61 Å². The van der Waals surface area contributed by atoms with Gasteiger partial charge >= 0.3 is 5.97 Å². The number of aryl methyl sites for hydroxylation is 1. The summed E-state index contributed by atoms with van der Waals surface area (Å²) in [6.45, 7) is 0.603. The molecule has 2 aromatic carbocycles. The minimum atomic E-state index is -1.12. The van der Waals surface area contributed by atoms with Gasteiger partial charge in [-0.2, -0.15) is 4.98 Å². The predicted molar refractivity (Wildman–Crippen MR) is 101 cm³/mol. The number of carbonyl (C=O) groups excluding carboxylic acids is 1. The highest BCUT2D eigenvalue weighted by Crippen LogP contribution is 2.26. The Hall–Kier alpha value is -3.23. The smallest absolute Gasteiger partial charge is 0.344 e. The second kappa shape index (κ2) is 8.64. The minimum Gasteiger partial charge on any atom is -0.508 e. The van der Waals surface area contributed by atoms with Crippen LogP contribution in [0.25, 0.3) is 22.2 Å². The number of hydrogen-bond acceptors (Lipinski definition) is 8. The Labute approximate surface area is 161 Å². The second-order valence-corrected chi connectivity index (χ2v) is 6.23. The van der Waals surface area contributed by atoms with E-state index >= 15 is 0 Å². The number of esters is 1. The number of benzene rings is 2. The first kappa shape index (κ1) is 19.5. The van der Waals surface area contributed by atoms with Crippen molar-refractivity contribution in [2.45, 2.75) is 13.0 Å². The topological polar surface area (TPSA) is 122 Å². The molecule has 0 bridgehead atoms. The Morgan fingerprint density at radius 3 is 2.64 bits per heavy atom. The van der Waals surface area contributed by atoms with Crippen molar-refractivity contribution < 1.29 is 29.6 Å². The van der Waals surface area contributed by atoms with E-state index in [0.717, 1.165) is 16.3 Å². The van der Waals surface area contributed by atoms with Gasteiger partial charge in [-0.25, -0.2) is 9.78 Å². The number of aliphatic hydroxyl groups excluding tert-OH is 2. The third-order valence-corrected chi connectivity index (χ3v) is 3.90. The van der Waals surface area contributed by atoms with Gasteiger partial charge < -0.3 is 24.8 Å². The molecule has 3 N–H and O–H groups in total. The molecule has 1 atom stereocenters. The number of aromatic hydroxyl groups is 1. The van der Waals surface area contributed by atoms with Crippen molar-refractivity contribution in [2.24, 2.45) is 0 Å². The molecule has 0 spiro atoms.